The van der Waals surface area contributed by atoms with Gasteiger partial charge in [-0.05, 0) is 31.8 Å². The van der Waals surface area contributed by atoms with Gasteiger partial charge in [0.25, 0.3) is 0 Å². The summed E-state index contributed by atoms with van der Waals surface area (Å²) >= 11 is 0. The van der Waals surface area contributed by atoms with Crippen LogP contribution in [0.4, 0.5) is 5.82 Å². The number of rotatable bonds is 8. The number of hydrogen-bond acceptors (Lipinski definition) is 5. The van der Waals surface area contributed by atoms with E-state index in [1.807, 2.05) is 25.8 Å². The molecule has 6 heteroatoms. The summed E-state index contributed by atoms with van der Waals surface area (Å²) in [6.07, 6.45) is 2.22. The Balaban J connectivity index is 1.93. The molecule has 2 rings (SSSR count). The molecule has 0 amide bonds. The van der Waals surface area contributed by atoms with Gasteiger partial charge in [-0.15, -0.1) is 0 Å². The minimum atomic E-state index is -0.310. The molecule has 1 saturated heterocycles. The quantitative estimate of drug-likeness (QED) is 0.752. The molecule has 0 spiro atoms. The van der Waals surface area contributed by atoms with Crippen molar-refractivity contribution < 1.29 is 5.11 Å². The van der Waals surface area contributed by atoms with Crippen LogP contribution in [0.1, 0.15) is 43.9 Å². The molecule has 1 atom stereocenters. The summed E-state index contributed by atoms with van der Waals surface area (Å²) in [6.45, 7) is 8.74. The first kappa shape index (κ1) is 18.2. The van der Waals surface area contributed by atoms with E-state index < -0.39 is 0 Å². The summed E-state index contributed by atoms with van der Waals surface area (Å²) in [7, 11) is 6.09. The van der Waals surface area contributed by atoms with Crippen LogP contribution in [-0.2, 0) is 13.6 Å². The van der Waals surface area contributed by atoms with Gasteiger partial charge in [0.15, 0.2) is 0 Å². The highest BCUT2D eigenvalue weighted by atomic mass is 16.3. The van der Waals surface area contributed by atoms with Crippen LogP contribution in [0.15, 0.2) is 0 Å². The van der Waals surface area contributed by atoms with Crippen molar-refractivity contribution in [2.75, 3.05) is 45.2 Å². The van der Waals surface area contributed by atoms with E-state index in [-0.39, 0.29) is 6.10 Å². The molecule has 1 aliphatic heterocycles. The fourth-order valence-corrected chi connectivity index (χ4v) is 3.46. The second kappa shape index (κ2) is 8.13. The highest BCUT2D eigenvalue weighted by molar-refractivity contribution is 5.50. The molecule has 0 saturated carbocycles. The lowest BCUT2D eigenvalue weighted by atomic mass is 10.1. The van der Waals surface area contributed by atoms with Gasteiger partial charge in [0.1, 0.15) is 5.82 Å². The monoisotopic (exact) mass is 323 g/mol. The fraction of sp³-hybridized carbons (Fsp3) is 0.824. The van der Waals surface area contributed by atoms with Crippen molar-refractivity contribution in [3.8, 4) is 0 Å². The minimum absolute atomic E-state index is 0.310. The molecule has 1 fully saturated rings. The highest BCUT2D eigenvalue weighted by Crippen LogP contribution is 2.27. The molecular formula is C17H33N5O. The molecule has 2 N–H and O–H groups in total. The maximum atomic E-state index is 10.2. The van der Waals surface area contributed by atoms with Crippen LogP contribution in [0.2, 0.25) is 0 Å². The van der Waals surface area contributed by atoms with Gasteiger partial charge < -0.3 is 20.2 Å². The maximum Gasteiger partial charge on any atom is 0.130 e. The van der Waals surface area contributed by atoms with E-state index in [4.69, 9.17) is 0 Å². The lowest BCUT2D eigenvalue weighted by molar-refractivity contribution is 0.123. The van der Waals surface area contributed by atoms with E-state index in [0.29, 0.717) is 12.5 Å². The molecule has 2 heterocycles. The van der Waals surface area contributed by atoms with Crippen LogP contribution in [-0.4, -0.2) is 66.2 Å². The van der Waals surface area contributed by atoms with E-state index in [9.17, 15) is 5.11 Å². The Bertz CT molecular complexity index is 491. The zero-order chi connectivity index (χ0) is 17.0. The molecule has 0 bridgehead atoms. The topological polar surface area (TPSA) is 56.6 Å². The van der Waals surface area contributed by atoms with Gasteiger partial charge in [-0.25, -0.2) is 0 Å². The second-order valence-electron chi connectivity index (χ2n) is 7.15. The van der Waals surface area contributed by atoms with Crippen LogP contribution >= 0.6 is 0 Å². The number of aryl methyl sites for hydroxylation is 1. The number of nitrogens with zero attached hydrogens (tertiary/aromatic N) is 4. The fourth-order valence-electron chi connectivity index (χ4n) is 3.46. The summed E-state index contributed by atoms with van der Waals surface area (Å²) < 4.78 is 1.95. The Hall–Kier alpha value is -1.11. The molecule has 0 radical (unpaired) electrons. The van der Waals surface area contributed by atoms with Crippen molar-refractivity contribution in [3.05, 3.63) is 11.3 Å². The van der Waals surface area contributed by atoms with Gasteiger partial charge in [0.05, 0.1) is 11.8 Å². The molecule has 0 unspecified atom stereocenters. The second-order valence-corrected chi connectivity index (χ2v) is 7.15. The molecule has 1 aromatic heterocycles. The Kier molecular flexibility index (Phi) is 6.44. The number of β-amino-alcohol motifs (C(OH)–C–C–N with tert-alkyl or cyclic N) is 1. The first-order valence-corrected chi connectivity index (χ1v) is 8.74. The van der Waals surface area contributed by atoms with Crippen molar-refractivity contribution in [3.63, 3.8) is 0 Å². The zero-order valence-corrected chi connectivity index (χ0v) is 15.3. The number of hydrogen-bond donors (Lipinski definition) is 2. The van der Waals surface area contributed by atoms with Crippen LogP contribution in [0, 0.1) is 0 Å². The van der Waals surface area contributed by atoms with E-state index in [1.165, 1.54) is 18.4 Å². The van der Waals surface area contributed by atoms with Crippen LogP contribution in [0.25, 0.3) is 0 Å². The van der Waals surface area contributed by atoms with Crippen LogP contribution in [0.5, 0.6) is 0 Å². The predicted octanol–water partition coefficient (Wildman–Crippen LogP) is 1.16. The van der Waals surface area contributed by atoms with Gasteiger partial charge in [0, 0.05) is 46.3 Å². The van der Waals surface area contributed by atoms with Gasteiger partial charge in [-0.1, -0.05) is 13.8 Å². The molecule has 23 heavy (non-hydrogen) atoms. The number of anilines is 1. The normalized spacial score (nSPS) is 17.2. The smallest absolute Gasteiger partial charge is 0.130 e. The molecule has 0 aliphatic carbocycles. The van der Waals surface area contributed by atoms with Crippen molar-refractivity contribution in [2.24, 2.45) is 7.05 Å². The van der Waals surface area contributed by atoms with Gasteiger partial charge in [0.2, 0.25) is 0 Å². The summed E-state index contributed by atoms with van der Waals surface area (Å²) in [5.74, 6) is 1.52. The zero-order valence-electron chi connectivity index (χ0n) is 15.3. The van der Waals surface area contributed by atoms with E-state index in [1.54, 1.807) is 0 Å². The van der Waals surface area contributed by atoms with Crippen molar-refractivity contribution >= 4 is 5.82 Å². The molecule has 0 aromatic carbocycles. The SMILES string of the molecule is CC(C)c1nn(C)c(N(C)C)c1CNC[C@H](O)CN1CCCC1. The molecule has 132 valence electrons. The predicted molar refractivity (Wildman–Crippen MR) is 95.0 cm³/mol. The average molecular weight is 323 g/mol. The Morgan fingerprint density at radius 1 is 1.26 bits per heavy atom. The number of aliphatic hydroxyl groups is 1. The third kappa shape index (κ3) is 4.68. The largest absolute Gasteiger partial charge is 0.390 e. The Morgan fingerprint density at radius 2 is 1.91 bits per heavy atom. The first-order valence-electron chi connectivity index (χ1n) is 8.74. The van der Waals surface area contributed by atoms with Crippen molar-refractivity contribution in [1.82, 2.24) is 20.0 Å². The molecular weight excluding hydrogens is 290 g/mol. The lowest BCUT2D eigenvalue weighted by Gasteiger charge is -2.20. The van der Waals surface area contributed by atoms with Crippen LogP contribution in [0.3, 0.4) is 0 Å². The summed E-state index contributed by atoms with van der Waals surface area (Å²) in [4.78, 5) is 4.46. The maximum absolute atomic E-state index is 10.2. The van der Waals surface area contributed by atoms with Crippen LogP contribution < -0.4 is 10.2 Å². The Morgan fingerprint density at radius 3 is 2.48 bits per heavy atom. The highest BCUT2D eigenvalue weighted by Gasteiger charge is 2.20. The summed E-state index contributed by atoms with van der Waals surface area (Å²) in [5.41, 5.74) is 2.37. The van der Waals surface area contributed by atoms with E-state index in [2.05, 4.69) is 34.1 Å². The van der Waals surface area contributed by atoms with Gasteiger partial charge >= 0.3 is 0 Å². The van der Waals surface area contributed by atoms with Gasteiger partial charge in [-0.2, -0.15) is 5.10 Å². The molecule has 1 aliphatic rings. The molecule has 6 nitrogen and oxygen atoms in total. The third-order valence-electron chi connectivity index (χ3n) is 4.46. The van der Waals surface area contributed by atoms with E-state index in [0.717, 1.165) is 37.7 Å². The molecule has 1 aromatic rings. The summed E-state index contributed by atoms with van der Waals surface area (Å²) in [5, 5.41) is 18.3. The first-order chi connectivity index (χ1) is 10.9. The number of aliphatic hydroxyl groups excluding tert-OH is 1. The number of nitrogens with one attached hydrogen (secondary N) is 1. The van der Waals surface area contributed by atoms with Crippen molar-refractivity contribution in [2.45, 2.75) is 45.3 Å². The average Bonchev–Trinajstić information content (AvgIpc) is 3.06. The standard InChI is InChI=1S/C17H33N5O/c1-13(2)16-15(17(20(3)4)21(5)19-16)11-18-10-14(23)12-22-8-6-7-9-22/h13-14,18,23H,6-12H2,1-5H3/t14-/m0/s1. The Labute approximate surface area is 140 Å². The summed E-state index contributed by atoms with van der Waals surface area (Å²) in [6, 6.07) is 0. The number of likely N-dealkylation sites (tertiary alicyclic amines) is 1. The minimum Gasteiger partial charge on any atom is -0.390 e. The van der Waals surface area contributed by atoms with Crippen molar-refractivity contribution in [1.29, 1.82) is 0 Å². The van der Waals surface area contributed by atoms with E-state index >= 15 is 0 Å². The number of aromatic nitrogens is 2. The lowest BCUT2D eigenvalue weighted by Crippen LogP contribution is -2.37. The third-order valence-corrected chi connectivity index (χ3v) is 4.46. The van der Waals surface area contributed by atoms with Gasteiger partial charge in [-0.3, -0.25) is 4.68 Å².